The van der Waals surface area contributed by atoms with Crippen LogP contribution < -0.4 is 0 Å². The minimum absolute atomic E-state index is 0.00471. The lowest BCUT2D eigenvalue weighted by Gasteiger charge is -2.34. The van der Waals surface area contributed by atoms with Crippen molar-refractivity contribution >= 4 is 5.91 Å². The van der Waals surface area contributed by atoms with Gasteiger partial charge in [-0.1, -0.05) is 11.8 Å². The van der Waals surface area contributed by atoms with Gasteiger partial charge in [-0.3, -0.25) is 9.78 Å². The number of aliphatic hydroxyl groups is 2. The van der Waals surface area contributed by atoms with Gasteiger partial charge in [0.1, 0.15) is 0 Å². The van der Waals surface area contributed by atoms with E-state index in [4.69, 9.17) is 5.11 Å². The van der Waals surface area contributed by atoms with Gasteiger partial charge in [0, 0.05) is 25.4 Å². The second kappa shape index (κ2) is 7.77. The van der Waals surface area contributed by atoms with Crippen LogP contribution in [-0.2, 0) is 0 Å². The van der Waals surface area contributed by atoms with Crippen molar-refractivity contribution in [3.8, 4) is 11.8 Å². The maximum absolute atomic E-state index is 12.7. The summed E-state index contributed by atoms with van der Waals surface area (Å²) in [4.78, 5) is 18.4. The molecule has 1 atom stereocenters. The smallest absolute Gasteiger partial charge is 0.255 e. The molecular formula is C16H20N2O3. The summed E-state index contributed by atoms with van der Waals surface area (Å²) < 4.78 is 0. The van der Waals surface area contributed by atoms with Crippen LogP contribution in [0, 0.1) is 11.8 Å². The number of hydrogen-bond acceptors (Lipinski definition) is 4. The Morgan fingerprint density at radius 2 is 2.29 bits per heavy atom. The van der Waals surface area contributed by atoms with Gasteiger partial charge >= 0.3 is 0 Å². The lowest BCUT2D eigenvalue weighted by Crippen LogP contribution is -2.45. The van der Waals surface area contributed by atoms with Gasteiger partial charge in [-0.25, -0.2) is 0 Å². The van der Waals surface area contributed by atoms with E-state index in [-0.39, 0.29) is 25.2 Å². The van der Waals surface area contributed by atoms with Crippen molar-refractivity contribution in [3.05, 3.63) is 29.6 Å². The molecule has 0 saturated carbocycles. The second-order valence-corrected chi connectivity index (χ2v) is 5.03. The first kappa shape index (κ1) is 15.5. The Bertz CT molecular complexity index is 548. The van der Waals surface area contributed by atoms with E-state index in [0.717, 1.165) is 19.3 Å². The molecule has 1 aromatic heterocycles. The molecule has 112 valence electrons. The lowest BCUT2D eigenvalue weighted by molar-refractivity contribution is 0.0502. The highest BCUT2D eigenvalue weighted by atomic mass is 16.3. The fraction of sp³-hybridized carbons (Fsp3) is 0.500. The van der Waals surface area contributed by atoms with Gasteiger partial charge in [-0.2, -0.15) is 0 Å². The number of likely N-dealkylation sites (tertiary alicyclic amines) is 1. The van der Waals surface area contributed by atoms with Crippen molar-refractivity contribution in [1.29, 1.82) is 0 Å². The first-order valence-corrected chi connectivity index (χ1v) is 7.23. The van der Waals surface area contributed by atoms with E-state index >= 15 is 0 Å². The molecule has 1 aromatic rings. The summed E-state index contributed by atoms with van der Waals surface area (Å²) in [7, 11) is 0. The molecule has 0 bridgehead atoms. The monoisotopic (exact) mass is 288 g/mol. The zero-order valence-corrected chi connectivity index (χ0v) is 12.0. The Hall–Kier alpha value is -1.90. The fourth-order valence-corrected chi connectivity index (χ4v) is 2.51. The average molecular weight is 288 g/mol. The van der Waals surface area contributed by atoms with Crippen LogP contribution in [0.4, 0.5) is 0 Å². The molecule has 0 spiro atoms. The van der Waals surface area contributed by atoms with Gasteiger partial charge in [0.25, 0.3) is 5.91 Å². The number of amides is 1. The summed E-state index contributed by atoms with van der Waals surface area (Å²) in [6, 6.07) is 1.55. The van der Waals surface area contributed by atoms with Crippen molar-refractivity contribution in [2.45, 2.75) is 31.7 Å². The van der Waals surface area contributed by atoms with Crippen LogP contribution in [0.1, 0.15) is 41.6 Å². The van der Waals surface area contributed by atoms with E-state index in [1.54, 1.807) is 23.4 Å². The number of piperidine rings is 1. The zero-order valence-electron chi connectivity index (χ0n) is 12.0. The lowest BCUT2D eigenvalue weighted by atomic mass is 10.0. The van der Waals surface area contributed by atoms with Gasteiger partial charge in [-0.15, -0.1) is 0 Å². The van der Waals surface area contributed by atoms with Gasteiger partial charge in [0.05, 0.1) is 30.4 Å². The zero-order chi connectivity index (χ0) is 15.1. The van der Waals surface area contributed by atoms with Gasteiger partial charge in [-0.05, 0) is 25.3 Å². The summed E-state index contributed by atoms with van der Waals surface area (Å²) in [5.41, 5.74) is 1.08. The van der Waals surface area contributed by atoms with Crippen molar-refractivity contribution in [1.82, 2.24) is 9.88 Å². The number of rotatable bonds is 3. The van der Waals surface area contributed by atoms with E-state index in [1.165, 1.54) is 0 Å². The normalized spacial score (nSPS) is 18.0. The maximum atomic E-state index is 12.7. The summed E-state index contributed by atoms with van der Waals surface area (Å²) in [6.45, 7) is 0.646. The number of nitrogens with zero attached hydrogens (tertiary/aromatic N) is 2. The molecule has 2 rings (SSSR count). The van der Waals surface area contributed by atoms with Crippen LogP contribution in [0.3, 0.4) is 0 Å². The van der Waals surface area contributed by atoms with Crippen LogP contribution in [0.25, 0.3) is 0 Å². The Kier molecular flexibility index (Phi) is 5.73. The minimum atomic E-state index is -0.113. The maximum Gasteiger partial charge on any atom is 0.255 e. The summed E-state index contributed by atoms with van der Waals surface area (Å²) in [6.07, 6.45) is 6.33. The molecule has 21 heavy (non-hydrogen) atoms. The molecule has 1 aliphatic heterocycles. The third-order valence-electron chi connectivity index (χ3n) is 3.61. The first-order valence-electron chi connectivity index (χ1n) is 7.23. The molecule has 1 amide bonds. The molecule has 1 aliphatic rings. The minimum Gasteiger partial charge on any atom is -0.395 e. The van der Waals surface area contributed by atoms with Gasteiger partial charge < -0.3 is 15.1 Å². The number of carbonyl (C=O) groups excluding carboxylic acids is 1. The molecule has 0 aliphatic carbocycles. The molecule has 5 nitrogen and oxygen atoms in total. The SMILES string of the molecule is O=C(c1ccncc1C#CCCO)N1CCCCC1CO. The van der Waals surface area contributed by atoms with E-state index in [9.17, 15) is 9.90 Å². The molecule has 2 N–H and O–H groups in total. The van der Waals surface area contributed by atoms with Crippen LogP contribution in [-0.4, -0.2) is 51.8 Å². The molecular weight excluding hydrogens is 268 g/mol. The third-order valence-corrected chi connectivity index (χ3v) is 3.61. The fourth-order valence-electron chi connectivity index (χ4n) is 2.51. The van der Waals surface area contributed by atoms with Crippen molar-refractivity contribution in [2.75, 3.05) is 19.8 Å². The number of hydrogen-bond donors (Lipinski definition) is 2. The largest absolute Gasteiger partial charge is 0.395 e. The predicted octanol–water partition coefficient (Wildman–Crippen LogP) is 0.802. The van der Waals surface area contributed by atoms with E-state index in [0.29, 0.717) is 24.1 Å². The second-order valence-electron chi connectivity index (χ2n) is 5.03. The van der Waals surface area contributed by atoms with Crippen LogP contribution in [0.2, 0.25) is 0 Å². The van der Waals surface area contributed by atoms with E-state index in [2.05, 4.69) is 16.8 Å². The molecule has 1 saturated heterocycles. The van der Waals surface area contributed by atoms with Crippen molar-refractivity contribution in [2.24, 2.45) is 0 Å². The summed E-state index contributed by atoms with van der Waals surface area (Å²) in [5.74, 6) is 5.59. The molecule has 1 fully saturated rings. The summed E-state index contributed by atoms with van der Waals surface area (Å²) >= 11 is 0. The van der Waals surface area contributed by atoms with E-state index in [1.807, 2.05) is 0 Å². The van der Waals surface area contributed by atoms with Gasteiger partial charge in [0.2, 0.25) is 0 Å². The molecule has 5 heteroatoms. The molecule has 1 unspecified atom stereocenters. The highest BCUT2D eigenvalue weighted by Crippen LogP contribution is 2.20. The average Bonchev–Trinajstić information content (AvgIpc) is 2.55. The van der Waals surface area contributed by atoms with Gasteiger partial charge in [0.15, 0.2) is 0 Å². The third kappa shape index (κ3) is 3.81. The number of aromatic nitrogens is 1. The Morgan fingerprint density at radius 3 is 3.05 bits per heavy atom. The quantitative estimate of drug-likeness (QED) is 0.807. The highest BCUT2D eigenvalue weighted by Gasteiger charge is 2.27. The first-order chi connectivity index (χ1) is 10.3. The number of aliphatic hydroxyl groups excluding tert-OH is 2. The Labute approximate surface area is 124 Å². The Morgan fingerprint density at radius 1 is 1.43 bits per heavy atom. The van der Waals surface area contributed by atoms with E-state index < -0.39 is 0 Å². The highest BCUT2D eigenvalue weighted by molar-refractivity contribution is 5.96. The van der Waals surface area contributed by atoms with Crippen LogP contribution in [0.5, 0.6) is 0 Å². The van der Waals surface area contributed by atoms with Crippen molar-refractivity contribution < 1.29 is 15.0 Å². The van der Waals surface area contributed by atoms with Crippen LogP contribution >= 0.6 is 0 Å². The summed E-state index contributed by atoms with van der Waals surface area (Å²) in [5, 5.41) is 18.2. The number of pyridine rings is 1. The predicted molar refractivity (Wildman–Crippen MR) is 78.6 cm³/mol. The van der Waals surface area contributed by atoms with Crippen molar-refractivity contribution in [3.63, 3.8) is 0 Å². The number of carbonyl (C=O) groups is 1. The topological polar surface area (TPSA) is 73.7 Å². The molecule has 0 radical (unpaired) electrons. The molecule has 2 heterocycles. The van der Waals surface area contributed by atoms with Crippen LogP contribution in [0.15, 0.2) is 18.5 Å². The standard InChI is InChI=1S/C16H20N2O3/c19-10-4-2-5-13-11-17-8-7-15(13)16(21)18-9-3-1-6-14(18)12-20/h7-8,11,14,19-20H,1,3-4,6,9-10,12H2. The Balaban J connectivity index is 2.24. The molecule has 0 aromatic carbocycles.